The molecule has 40 heavy (non-hydrogen) atoms. The van der Waals surface area contributed by atoms with Gasteiger partial charge in [-0.15, -0.1) is 0 Å². The van der Waals surface area contributed by atoms with Crippen LogP contribution in [0, 0.1) is 5.92 Å². The van der Waals surface area contributed by atoms with Crippen molar-refractivity contribution in [3.63, 3.8) is 0 Å². The predicted octanol–water partition coefficient (Wildman–Crippen LogP) is 4.52. The number of nitrogens with zero attached hydrogens (tertiary/aromatic N) is 5. The zero-order valence-electron chi connectivity index (χ0n) is 24.3. The minimum atomic E-state index is -0.617. The lowest BCUT2D eigenvalue weighted by Crippen LogP contribution is -2.45. The van der Waals surface area contributed by atoms with Crippen LogP contribution in [-0.4, -0.2) is 77.4 Å². The van der Waals surface area contributed by atoms with Gasteiger partial charge in [-0.05, 0) is 88.1 Å². The monoisotopic (exact) mass is 547 g/mol. The molecule has 3 fully saturated rings. The maximum absolute atomic E-state index is 12.4. The number of amides is 2. The molecule has 2 saturated heterocycles. The molecule has 1 aromatic heterocycles. The molecule has 0 bridgehead atoms. The first-order valence-corrected chi connectivity index (χ1v) is 15.0. The van der Waals surface area contributed by atoms with Crippen molar-refractivity contribution in [3.05, 3.63) is 41.7 Å². The second-order valence-electron chi connectivity index (χ2n) is 12.1. The summed E-state index contributed by atoms with van der Waals surface area (Å²) in [6.45, 7) is 5.35. The number of primary amides is 1. The molecule has 9 nitrogen and oxygen atoms in total. The molecule has 3 heterocycles. The summed E-state index contributed by atoms with van der Waals surface area (Å²) in [5.41, 5.74) is 8.00. The van der Waals surface area contributed by atoms with Crippen molar-refractivity contribution in [2.75, 3.05) is 43.9 Å². The molecule has 2 aliphatic heterocycles. The van der Waals surface area contributed by atoms with E-state index < -0.39 is 5.91 Å². The quantitative estimate of drug-likeness (QED) is 0.500. The Bertz CT molecular complexity index is 1170. The second kappa shape index (κ2) is 12.5. The van der Waals surface area contributed by atoms with E-state index in [-0.39, 0.29) is 23.6 Å². The Labute approximate surface area is 238 Å². The molecule has 1 saturated carbocycles. The Morgan fingerprint density at radius 1 is 1.00 bits per heavy atom. The van der Waals surface area contributed by atoms with E-state index in [2.05, 4.69) is 51.3 Å². The van der Waals surface area contributed by atoms with Crippen molar-refractivity contribution in [2.24, 2.45) is 11.7 Å². The van der Waals surface area contributed by atoms with E-state index in [1.807, 2.05) is 0 Å². The van der Waals surface area contributed by atoms with Gasteiger partial charge in [-0.1, -0.05) is 25.0 Å². The molecule has 2 atom stereocenters. The number of hydrogen-bond donors (Lipinski definition) is 2. The molecule has 9 heteroatoms. The number of anilines is 3. The van der Waals surface area contributed by atoms with E-state index in [9.17, 15) is 9.59 Å². The number of piperidine rings is 2. The highest BCUT2D eigenvalue weighted by molar-refractivity contribution is 5.96. The van der Waals surface area contributed by atoms with E-state index in [1.54, 1.807) is 25.2 Å². The predicted molar refractivity (Wildman–Crippen MR) is 159 cm³/mol. The largest absolute Gasteiger partial charge is 0.364 e. The van der Waals surface area contributed by atoms with Crippen LogP contribution in [0.15, 0.2) is 30.5 Å². The number of hydrogen-bond acceptors (Lipinski definition) is 7. The van der Waals surface area contributed by atoms with Crippen molar-refractivity contribution >= 4 is 29.1 Å². The summed E-state index contributed by atoms with van der Waals surface area (Å²) in [6.07, 6.45) is 12.0. The fraction of sp³-hybridized carbons (Fsp3) is 0.613. The number of aromatic nitrogens is 2. The van der Waals surface area contributed by atoms with Crippen LogP contribution in [0.25, 0.3) is 0 Å². The van der Waals surface area contributed by atoms with Crippen molar-refractivity contribution in [1.29, 1.82) is 0 Å². The van der Waals surface area contributed by atoms with E-state index in [1.165, 1.54) is 57.2 Å². The van der Waals surface area contributed by atoms with E-state index in [0.29, 0.717) is 24.0 Å². The van der Waals surface area contributed by atoms with Gasteiger partial charge in [0.1, 0.15) is 5.82 Å². The number of carbonyl (C=O) groups excluding carboxylic acids is 2. The molecule has 2 aromatic rings. The summed E-state index contributed by atoms with van der Waals surface area (Å²) >= 11 is 0. The average molecular weight is 548 g/mol. The Hall–Kier alpha value is -3.20. The Morgan fingerprint density at radius 2 is 1.70 bits per heavy atom. The first kappa shape index (κ1) is 28.3. The highest BCUT2D eigenvalue weighted by atomic mass is 16.2. The van der Waals surface area contributed by atoms with Crippen LogP contribution in [0.2, 0.25) is 0 Å². The molecule has 5 rings (SSSR count). The molecule has 0 radical (unpaired) electrons. The molecular weight excluding hydrogens is 502 g/mol. The Balaban J connectivity index is 1.27. The number of rotatable bonds is 8. The number of likely N-dealkylation sites (tertiary alicyclic amines) is 1. The van der Waals surface area contributed by atoms with Crippen LogP contribution in [0.4, 0.5) is 17.3 Å². The highest BCUT2D eigenvalue weighted by Gasteiger charge is 2.32. The third kappa shape index (κ3) is 6.40. The standard InChI is InChI=1S/C31H45N7O2/c1-21-24(19-28(39)36(2)3)7-6-16-38(21)27-20-33-29(30(32)40)31(35-27)34-25-12-10-22(11-13-25)23-14-17-37(18-15-23)26-8-4-5-9-26/h10-13,20-21,23-24,26H,4-9,14-19H2,1-3H3,(H2,32,40)(H,34,35)/t21-,24+/m1/s1. The van der Waals surface area contributed by atoms with Crippen LogP contribution in [0.1, 0.15) is 86.7 Å². The van der Waals surface area contributed by atoms with E-state index >= 15 is 0 Å². The molecule has 1 aromatic carbocycles. The molecule has 1 aliphatic carbocycles. The van der Waals surface area contributed by atoms with Gasteiger partial charge in [-0.3, -0.25) is 9.59 Å². The number of nitrogens with one attached hydrogen (secondary N) is 1. The minimum absolute atomic E-state index is 0.121. The van der Waals surface area contributed by atoms with Gasteiger partial charge in [0, 0.05) is 44.8 Å². The lowest BCUT2D eigenvalue weighted by atomic mass is 9.87. The molecule has 3 aliphatic rings. The van der Waals surface area contributed by atoms with Gasteiger partial charge < -0.3 is 25.8 Å². The highest BCUT2D eigenvalue weighted by Crippen LogP contribution is 2.34. The fourth-order valence-corrected chi connectivity index (χ4v) is 6.85. The SMILES string of the molecule is C[C@@H]1[C@H](CC(=O)N(C)C)CCCN1c1cnc(C(N)=O)c(Nc2ccc(C3CCN(C4CCCC4)CC3)cc2)n1. The molecule has 0 spiro atoms. The number of carbonyl (C=O) groups is 2. The van der Waals surface area contributed by atoms with Crippen molar-refractivity contribution in [3.8, 4) is 0 Å². The molecule has 216 valence electrons. The third-order valence-corrected chi connectivity index (χ3v) is 9.39. The minimum Gasteiger partial charge on any atom is -0.364 e. The first-order chi connectivity index (χ1) is 19.3. The van der Waals surface area contributed by atoms with Crippen LogP contribution >= 0.6 is 0 Å². The van der Waals surface area contributed by atoms with Gasteiger partial charge in [0.15, 0.2) is 11.5 Å². The lowest BCUT2D eigenvalue weighted by Gasteiger charge is -2.40. The maximum Gasteiger partial charge on any atom is 0.271 e. The molecular formula is C31H45N7O2. The van der Waals surface area contributed by atoms with Gasteiger partial charge in [0.2, 0.25) is 5.91 Å². The van der Waals surface area contributed by atoms with E-state index in [4.69, 9.17) is 10.7 Å². The normalized spacial score (nSPS) is 22.8. The first-order valence-electron chi connectivity index (χ1n) is 15.0. The van der Waals surface area contributed by atoms with Crippen molar-refractivity contribution in [1.82, 2.24) is 19.8 Å². The summed E-state index contributed by atoms with van der Waals surface area (Å²) in [4.78, 5) is 40.4. The van der Waals surface area contributed by atoms with Gasteiger partial charge in [0.05, 0.1) is 6.20 Å². The zero-order chi connectivity index (χ0) is 28.2. The summed E-state index contributed by atoms with van der Waals surface area (Å²) < 4.78 is 0. The Morgan fingerprint density at radius 3 is 2.35 bits per heavy atom. The van der Waals surface area contributed by atoms with Crippen LogP contribution in [0.3, 0.4) is 0 Å². The lowest BCUT2D eigenvalue weighted by molar-refractivity contribution is -0.130. The molecule has 0 unspecified atom stereocenters. The summed E-state index contributed by atoms with van der Waals surface area (Å²) in [5.74, 6) is 1.39. The van der Waals surface area contributed by atoms with Gasteiger partial charge >= 0.3 is 0 Å². The fourth-order valence-electron chi connectivity index (χ4n) is 6.85. The van der Waals surface area contributed by atoms with Crippen molar-refractivity contribution < 1.29 is 9.59 Å². The van der Waals surface area contributed by atoms with Crippen molar-refractivity contribution in [2.45, 2.75) is 82.7 Å². The molecule has 2 amide bonds. The number of nitrogens with two attached hydrogens (primary N) is 1. The molecule has 3 N–H and O–H groups in total. The van der Waals surface area contributed by atoms with Crippen LogP contribution in [0.5, 0.6) is 0 Å². The average Bonchev–Trinajstić information content (AvgIpc) is 3.50. The summed E-state index contributed by atoms with van der Waals surface area (Å²) in [6, 6.07) is 9.44. The topological polar surface area (TPSA) is 108 Å². The third-order valence-electron chi connectivity index (χ3n) is 9.39. The van der Waals surface area contributed by atoms with Gasteiger partial charge in [0.25, 0.3) is 5.91 Å². The van der Waals surface area contributed by atoms with Gasteiger partial charge in [-0.2, -0.15) is 0 Å². The smallest absolute Gasteiger partial charge is 0.271 e. The zero-order valence-corrected chi connectivity index (χ0v) is 24.3. The Kier molecular flexibility index (Phi) is 8.88. The van der Waals surface area contributed by atoms with E-state index in [0.717, 1.165) is 31.1 Å². The van der Waals surface area contributed by atoms with Crippen LogP contribution in [-0.2, 0) is 4.79 Å². The van der Waals surface area contributed by atoms with Gasteiger partial charge in [-0.25, -0.2) is 9.97 Å². The number of benzene rings is 1. The second-order valence-corrected chi connectivity index (χ2v) is 12.1. The summed E-state index contributed by atoms with van der Waals surface area (Å²) in [5, 5.41) is 3.31. The summed E-state index contributed by atoms with van der Waals surface area (Å²) in [7, 11) is 3.60. The van der Waals surface area contributed by atoms with Crippen LogP contribution < -0.4 is 16.0 Å². The maximum atomic E-state index is 12.4.